The van der Waals surface area contributed by atoms with Gasteiger partial charge in [-0.05, 0) is 55.3 Å². The maximum absolute atomic E-state index is 11.7. The zero-order valence-corrected chi connectivity index (χ0v) is 12.9. The Labute approximate surface area is 129 Å². The van der Waals surface area contributed by atoms with Crippen molar-refractivity contribution in [1.29, 1.82) is 0 Å². The molecule has 110 valence electrons. The number of aryl methyl sites for hydroxylation is 1. The number of nitrogens with one attached hydrogen (secondary N) is 1. The molecule has 4 heteroatoms. The van der Waals surface area contributed by atoms with Gasteiger partial charge in [0.25, 0.3) is 0 Å². The maximum Gasteiger partial charge on any atom is 0.338 e. The lowest BCUT2D eigenvalue weighted by atomic mass is 10.1. The number of rotatable bonds is 5. The van der Waals surface area contributed by atoms with Crippen LogP contribution in [0.2, 0.25) is 5.02 Å². The van der Waals surface area contributed by atoms with E-state index in [-0.39, 0.29) is 5.97 Å². The lowest BCUT2D eigenvalue weighted by Gasteiger charge is -2.10. The number of halogens is 1. The van der Waals surface area contributed by atoms with Crippen molar-refractivity contribution in [3.63, 3.8) is 0 Å². The van der Waals surface area contributed by atoms with E-state index in [1.165, 1.54) is 5.56 Å². The Hall–Kier alpha value is -2.00. The van der Waals surface area contributed by atoms with Crippen molar-refractivity contribution in [3.8, 4) is 0 Å². The van der Waals surface area contributed by atoms with E-state index in [0.717, 1.165) is 16.3 Å². The fourth-order valence-corrected chi connectivity index (χ4v) is 2.25. The van der Waals surface area contributed by atoms with Gasteiger partial charge in [0.1, 0.15) is 0 Å². The SMILES string of the molecule is CCOC(=O)c1cccc(NCc2ccc(Cl)cc2C)c1. The molecule has 0 spiro atoms. The number of anilines is 1. The first-order valence-corrected chi connectivity index (χ1v) is 7.24. The van der Waals surface area contributed by atoms with Gasteiger partial charge < -0.3 is 10.1 Å². The number of hydrogen-bond acceptors (Lipinski definition) is 3. The quantitative estimate of drug-likeness (QED) is 0.830. The predicted molar refractivity (Wildman–Crippen MR) is 85.9 cm³/mol. The van der Waals surface area contributed by atoms with Crippen molar-refractivity contribution < 1.29 is 9.53 Å². The zero-order chi connectivity index (χ0) is 15.2. The lowest BCUT2D eigenvalue weighted by Crippen LogP contribution is -2.06. The first-order valence-electron chi connectivity index (χ1n) is 6.86. The van der Waals surface area contributed by atoms with Gasteiger partial charge in [-0.15, -0.1) is 0 Å². The third-order valence-corrected chi connectivity index (χ3v) is 3.40. The van der Waals surface area contributed by atoms with Gasteiger partial charge in [-0.3, -0.25) is 0 Å². The molecular formula is C17H18ClNO2. The minimum Gasteiger partial charge on any atom is -0.462 e. The normalized spacial score (nSPS) is 10.2. The summed E-state index contributed by atoms with van der Waals surface area (Å²) in [6, 6.07) is 13.1. The molecule has 0 amide bonds. The van der Waals surface area contributed by atoms with E-state index in [2.05, 4.69) is 5.32 Å². The minimum atomic E-state index is -0.302. The summed E-state index contributed by atoms with van der Waals surface area (Å²) in [4.78, 5) is 11.7. The van der Waals surface area contributed by atoms with Crippen LogP contribution >= 0.6 is 11.6 Å². The number of carbonyl (C=O) groups is 1. The molecule has 0 aliphatic rings. The topological polar surface area (TPSA) is 38.3 Å². The van der Waals surface area contributed by atoms with E-state index in [9.17, 15) is 4.79 Å². The second kappa shape index (κ2) is 7.14. The predicted octanol–water partition coefficient (Wildman–Crippen LogP) is 4.44. The molecule has 3 nitrogen and oxygen atoms in total. The molecule has 0 saturated carbocycles. The summed E-state index contributed by atoms with van der Waals surface area (Å²) in [5, 5.41) is 4.04. The molecule has 0 radical (unpaired) electrons. The Bertz CT molecular complexity index is 640. The first kappa shape index (κ1) is 15.4. The van der Waals surface area contributed by atoms with Crippen LogP contribution in [0.4, 0.5) is 5.69 Å². The Kier molecular flexibility index (Phi) is 5.23. The maximum atomic E-state index is 11.7. The lowest BCUT2D eigenvalue weighted by molar-refractivity contribution is 0.0526. The average Bonchev–Trinajstić information content (AvgIpc) is 2.47. The molecule has 0 atom stereocenters. The van der Waals surface area contributed by atoms with Gasteiger partial charge in [0.15, 0.2) is 0 Å². The summed E-state index contributed by atoms with van der Waals surface area (Å²) in [7, 11) is 0. The van der Waals surface area contributed by atoms with Crippen molar-refractivity contribution in [2.24, 2.45) is 0 Å². The molecule has 1 N–H and O–H groups in total. The summed E-state index contributed by atoms with van der Waals surface area (Å²) in [6.07, 6.45) is 0. The monoisotopic (exact) mass is 303 g/mol. The van der Waals surface area contributed by atoms with Crippen LogP contribution in [0.15, 0.2) is 42.5 Å². The van der Waals surface area contributed by atoms with Crippen molar-refractivity contribution in [1.82, 2.24) is 0 Å². The van der Waals surface area contributed by atoms with Crippen molar-refractivity contribution >= 4 is 23.3 Å². The third-order valence-electron chi connectivity index (χ3n) is 3.16. The van der Waals surface area contributed by atoms with Crippen molar-refractivity contribution in [2.75, 3.05) is 11.9 Å². The summed E-state index contributed by atoms with van der Waals surface area (Å²) >= 11 is 5.95. The van der Waals surface area contributed by atoms with E-state index < -0.39 is 0 Å². The largest absolute Gasteiger partial charge is 0.462 e. The third kappa shape index (κ3) is 4.23. The number of benzene rings is 2. The van der Waals surface area contributed by atoms with Crippen LogP contribution in [0, 0.1) is 6.92 Å². The summed E-state index contributed by atoms with van der Waals surface area (Å²) in [5.74, 6) is -0.302. The fourth-order valence-electron chi connectivity index (χ4n) is 2.03. The number of esters is 1. The number of carbonyl (C=O) groups excluding carboxylic acids is 1. The molecule has 0 bridgehead atoms. The Morgan fingerprint density at radius 1 is 1.24 bits per heavy atom. The molecule has 21 heavy (non-hydrogen) atoms. The van der Waals surface area contributed by atoms with Crippen LogP contribution in [0.25, 0.3) is 0 Å². The standard InChI is InChI=1S/C17H18ClNO2/c1-3-21-17(20)13-5-4-6-16(10-13)19-11-14-7-8-15(18)9-12(14)2/h4-10,19H,3,11H2,1-2H3. The van der Waals surface area contributed by atoms with Crippen LogP contribution in [0.1, 0.15) is 28.4 Å². The Morgan fingerprint density at radius 2 is 2.05 bits per heavy atom. The number of ether oxygens (including phenoxy) is 1. The molecular weight excluding hydrogens is 286 g/mol. The first-order chi connectivity index (χ1) is 10.1. The molecule has 2 aromatic rings. The molecule has 0 fully saturated rings. The van der Waals surface area contributed by atoms with E-state index >= 15 is 0 Å². The van der Waals surface area contributed by atoms with E-state index in [1.54, 1.807) is 19.1 Å². The van der Waals surface area contributed by atoms with Crippen molar-refractivity contribution in [3.05, 3.63) is 64.2 Å². The van der Waals surface area contributed by atoms with E-state index in [0.29, 0.717) is 18.7 Å². The summed E-state index contributed by atoms with van der Waals surface area (Å²) < 4.78 is 5.00. The minimum absolute atomic E-state index is 0.302. The highest BCUT2D eigenvalue weighted by Gasteiger charge is 2.07. The van der Waals surface area contributed by atoms with Gasteiger partial charge >= 0.3 is 5.97 Å². The summed E-state index contributed by atoms with van der Waals surface area (Å²) in [5.41, 5.74) is 3.74. The highest BCUT2D eigenvalue weighted by Crippen LogP contribution is 2.18. The van der Waals surface area contributed by atoms with E-state index in [1.807, 2.05) is 37.3 Å². The molecule has 0 aliphatic carbocycles. The van der Waals surface area contributed by atoms with E-state index in [4.69, 9.17) is 16.3 Å². The molecule has 0 saturated heterocycles. The molecule has 2 rings (SSSR count). The molecule has 0 aromatic heterocycles. The van der Waals surface area contributed by atoms with Gasteiger partial charge in [-0.25, -0.2) is 4.79 Å². The fraction of sp³-hybridized carbons (Fsp3) is 0.235. The highest BCUT2D eigenvalue weighted by atomic mass is 35.5. The number of hydrogen-bond donors (Lipinski definition) is 1. The van der Waals surface area contributed by atoms with Gasteiger partial charge in [-0.2, -0.15) is 0 Å². The second-order valence-electron chi connectivity index (χ2n) is 4.73. The van der Waals surface area contributed by atoms with Gasteiger partial charge in [-0.1, -0.05) is 23.7 Å². The van der Waals surface area contributed by atoms with Crippen LogP contribution < -0.4 is 5.32 Å². The molecule has 0 aliphatic heterocycles. The highest BCUT2D eigenvalue weighted by molar-refractivity contribution is 6.30. The van der Waals surface area contributed by atoms with Gasteiger partial charge in [0.05, 0.1) is 12.2 Å². The molecule has 0 unspecified atom stereocenters. The second-order valence-corrected chi connectivity index (χ2v) is 5.16. The van der Waals surface area contributed by atoms with Crippen LogP contribution in [0.3, 0.4) is 0 Å². The molecule has 2 aromatic carbocycles. The molecule has 0 heterocycles. The van der Waals surface area contributed by atoms with Crippen LogP contribution in [-0.4, -0.2) is 12.6 Å². The van der Waals surface area contributed by atoms with Gasteiger partial charge in [0.2, 0.25) is 0 Å². The van der Waals surface area contributed by atoms with Crippen LogP contribution in [-0.2, 0) is 11.3 Å². The zero-order valence-electron chi connectivity index (χ0n) is 12.2. The van der Waals surface area contributed by atoms with Crippen LogP contribution in [0.5, 0.6) is 0 Å². The Morgan fingerprint density at radius 3 is 2.76 bits per heavy atom. The van der Waals surface area contributed by atoms with Crippen molar-refractivity contribution in [2.45, 2.75) is 20.4 Å². The Balaban J connectivity index is 2.06. The summed E-state index contributed by atoms with van der Waals surface area (Å²) in [6.45, 7) is 4.87. The smallest absolute Gasteiger partial charge is 0.338 e. The van der Waals surface area contributed by atoms with Gasteiger partial charge in [0, 0.05) is 17.3 Å². The average molecular weight is 304 g/mol.